The molecule has 23 heavy (non-hydrogen) atoms. The fourth-order valence-corrected chi connectivity index (χ4v) is 4.04. The Labute approximate surface area is 138 Å². The largest absolute Gasteiger partial charge is 0.462 e. The van der Waals surface area contributed by atoms with Gasteiger partial charge in [-0.3, -0.25) is 4.79 Å². The average molecular weight is 332 g/mol. The van der Waals surface area contributed by atoms with Gasteiger partial charge in [0.2, 0.25) is 0 Å². The lowest BCUT2D eigenvalue weighted by atomic mass is 9.97. The summed E-state index contributed by atoms with van der Waals surface area (Å²) >= 11 is 1.24. The number of rotatable bonds is 4. The number of nitrogens with one attached hydrogen (secondary N) is 1. The number of hydrogen-bond acceptors (Lipinski definition) is 5. The third kappa shape index (κ3) is 3.22. The van der Waals surface area contributed by atoms with E-state index in [9.17, 15) is 9.59 Å². The summed E-state index contributed by atoms with van der Waals surface area (Å²) in [6, 6.07) is 0. The second-order valence-corrected chi connectivity index (χ2v) is 6.75. The highest BCUT2D eigenvalue weighted by atomic mass is 32.1. The van der Waals surface area contributed by atoms with E-state index in [0.717, 1.165) is 12.8 Å². The smallest absolute Gasteiger partial charge is 0.348 e. The van der Waals surface area contributed by atoms with E-state index >= 15 is 0 Å². The maximum absolute atomic E-state index is 12.4. The number of carbonyl (C=O) groups is 1. The van der Waals surface area contributed by atoms with E-state index < -0.39 is 0 Å². The van der Waals surface area contributed by atoms with Crippen LogP contribution in [0, 0.1) is 6.92 Å². The van der Waals surface area contributed by atoms with Gasteiger partial charge in [0.15, 0.2) is 0 Å². The number of thiophene rings is 1. The molecule has 0 atom stereocenters. The van der Waals surface area contributed by atoms with Crippen molar-refractivity contribution in [1.29, 1.82) is 0 Å². The molecule has 0 saturated heterocycles. The van der Waals surface area contributed by atoms with E-state index in [1.54, 1.807) is 13.8 Å². The molecule has 0 aliphatic heterocycles. The van der Waals surface area contributed by atoms with Crippen LogP contribution in [0.25, 0.3) is 10.2 Å². The molecule has 0 bridgehead atoms. The zero-order valence-corrected chi connectivity index (χ0v) is 14.2. The molecule has 2 aromatic rings. The lowest BCUT2D eigenvalue weighted by molar-refractivity contribution is 0.0531. The Hall–Kier alpha value is -1.95. The molecule has 0 amide bonds. The summed E-state index contributed by atoms with van der Waals surface area (Å²) in [5.41, 5.74) is 1.81. The van der Waals surface area contributed by atoms with Gasteiger partial charge in [-0.2, -0.15) is 0 Å². The Morgan fingerprint density at radius 1 is 1.43 bits per heavy atom. The van der Waals surface area contributed by atoms with E-state index in [4.69, 9.17) is 4.74 Å². The molecule has 122 valence electrons. The van der Waals surface area contributed by atoms with E-state index in [-0.39, 0.29) is 11.5 Å². The van der Waals surface area contributed by atoms with Crippen LogP contribution in [0.4, 0.5) is 0 Å². The van der Waals surface area contributed by atoms with Gasteiger partial charge in [0, 0.05) is 6.42 Å². The summed E-state index contributed by atoms with van der Waals surface area (Å²) in [6.07, 6.45) is 7.53. The first-order valence-corrected chi connectivity index (χ1v) is 8.79. The van der Waals surface area contributed by atoms with Gasteiger partial charge in [-0.15, -0.1) is 11.3 Å². The molecule has 0 aromatic carbocycles. The monoisotopic (exact) mass is 332 g/mol. The van der Waals surface area contributed by atoms with Gasteiger partial charge in [-0.1, -0.05) is 11.6 Å². The minimum Gasteiger partial charge on any atom is -0.462 e. The second-order valence-electron chi connectivity index (χ2n) is 5.75. The summed E-state index contributed by atoms with van der Waals surface area (Å²) in [5, 5.41) is 0.499. The number of aromatic amines is 1. The predicted octanol–water partition coefficient (Wildman–Crippen LogP) is 3.51. The molecular weight excluding hydrogens is 312 g/mol. The van der Waals surface area contributed by atoms with Crippen LogP contribution in [-0.2, 0) is 11.2 Å². The highest BCUT2D eigenvalue weighted by molar-refractivity contribution is 7.20. The van der Waals surface area contributed by atoms with Gasteiger partial charge in [0.25, 0.3) is 5.56 Å². The first-order chi connectivity index (χ1) is 11.1. The zero-order chi connectivity index (χ0) is 16.4. The second kappa shape index (κ2) is 6.66. The lowest BCUT2D eigenvalue weighted by Crippen LogP contribution is -2.13. The number of carbonyl (C=O) groups excluding carboxylic acids is 1. The number of nitrogens with zero attached hydrogens (tertiary/aromatic N) is 1. The molecule has 6 heteroatoms. The van der Waals surface area contributed by atoms with Crippen LogP contribution < -0.4 is 5.56 Å². The number of aromatic nitrogens is 2. The molecule has 0 unspecified atom stereocenters. The molecule has 1 aliphatic carbocycles. The van der Waals surface area contributed by atoms with Gasteiger partial charge in [-0.25, -0.2) is 9.78 Å². The Kier molecular flexibility index (Phi) is 4.61. The topological polar surface area (TPSA) is 72.0 Å². The van der Waals surface area contributed by atoms with Crippen LogP contribution in [-0.4, -0.2) is 22.5 Å². The van der Waals surface area contributed by atoms with Gasteiger partial charge in [0.1, 0.15) is 15.5 Å². The summed E-state index contributed by atoms with van der Waals surface area (Å²) < 4.78 is 5.05. The van der Waals surface area contributed by atoms with Crippen LogP contribution >= 0.6 is 11.3 Å². The van der Waals surface area contributed by atoms with Crippen molar-refractivity contribution in [3.05, 3.63) is 38.3 Å². The number of allylic oxidation sites excluding steroid dienone is 2. The third-order valence-electron chi connectivity index (χ3n) is 4.09. The standard InChI is InChI=1S/C17H20N2O3S/c1-3-22-17(21)14-10(2)13-15(20)18-12(19-16(13)23-14)9-11-7-5-4-6-8-11/h7H,3-6,8-9H2,1-2H3,(H,18,19,20). The Balaban J connectivity index is 1.99. The fourth-order valence-electron chi connectivity index (χ4n) is 2.94. The van der Waals surface area contributed by atoms with E-state index in [2.05, 4.69) is 16.0 Å². The minimum absolute atomic E-state index is 0.175. The van der Waals surface area contributed by atoms with Crippen molar-refractivity contribution in [3.63, 3.8) is 0 Å². The summed E-state index contributed by atoms with van der Waals surface area (Å²) in [5.74, 6) is 0.288. The van der Waals surface area contributed by atoms with Crippen LogP contribution in [0.15, 0.2) is 16.4 Å². The third-order valence-corrected chi connectivity index (χ3v) is 5.26. The van der Waals surface area contributed by atoms with Crippen LogP contribution in [0.5, 0.6) is 0 Å². The number of H-pyrrole nitrogens is 1. The number of ether oxygens (including phenoxy) is 1. The maximum Gasteiger partial charge on any atom is 0.348 e. The van der Waals surface area contributed by atoms with Crippen molar-refractivity contribution in [2.45, 2.75) is 46.0 Å². The number of fused-ring (bicyclic) bond motifs is 1. The Morgan fingerprint density at radius 3 is 2.96 bits per heavy atom. The molecule has 0 fully saturated rings. The van der Waals surface area contributed by atoms with Crippen molar-refractivity contribution in [1.82, 2.24) is 9.97 Å². The maximum atomic E-state index is 12.4. The molecule has 0 saturated carbocycles. The molecule has 3 rings (SSSR count). The molecule has 5 nitrogen and oxygen atoms in total. The van der Waals surface area contributed by atoms with E-state index in [1.165, 1.54) is 29.8 Å². The van der Waals surface area contributed by atoms with Crippen molar-refractivity contribution < 1.29 is 9.53 Å². The van der Waals surface area contributed by atoms with Crippen molar-refractivity contribution >= 4 is 27.5 Å². The fraction of sp³-hybridized carbons (Fsp3) is 0.471. The lowest BCUT2D eigenvalue weighted by Gasteiger charge is -2.11. The molecule has 2 aromatic heterocycles. The average Bonchev–Trinajstić information content (AvgIpc) is 2.86. The Morgan fingerprint density at radius 2 is 2.26 bits per heavy atom. The van der Waals surface area contributed by atoms with Crippen LogP contribution in [0.1, 0.15) is 53.7 Å². The molecule has 1 N–H and O–H groups in total. The van der Waals surface area contributed by atoms with Gasteiger partial charge in [-0.05, 0) is 45.1 Å². The normalized spacial score (nSPS) is 14.8. The minimum atomic E-state index is -0.385. The quantitative estimate of drug-likeness (QED) is 0.687. The highest BCUT2D eigenvalue weighted by Crippen LogP contribution is 2.28. The van der Waals surface area contributed by atoms with E-state index in [1.807, 2.05) is 0 Å². The van der Waals surface area contributed by atoms with Gasteiger partial charge in [0.05, 0.1) is 12.0 Å². The number of hydrogen-bond donors (Lipinski definition) is 1. The SMILES string of the molecule is CCOC(=O)c1sc2nc(CC3=CCCCC3)[nH]c(=O)c2c1C. The molecule has 0 spiro atoms. The number of esters is 1. The molecular formula is C17H20N2O3S. The van der Waals surface area contributed by atoms with Crippen molar-refractivity contribution in [2.75, 3.05) is 6.61 Å². The molecule has 1 aliphatic rings. The van der Waals surface area contributed by atoms with Crippen LogP contribution in [0.3, 0.4) is 0 Å². The Bertz CT molecular complexity index is 832. The van der Waals surface area contributed by atoms with Gasteiger partial charge < -0.3 is 9.72 Å². The summed E-state index contributed by atoms with van der Waals surface area (Å²) in [6.45, 7) is 3.85. The van der Waals surface area contributed by atoms with Crippen molar-refractivity contribution in [2.24, 2.45) is 0 Å². The summed E-state index contributed by atoms with van der Waals surface area (Å²) in [7, 11) is 0. The van der Waals surface area contributed by atoms with E-state index in [0.29, 0.717) is 39.5 Å². The summed E-state index contributed by atoms with van der Waals surface area (Å²) in [4.78, 5) is 32.9. The van der Waals surface area contributed by atoms with Gasteiger partial charge >= 0.3 is 5.97 Å². The molecule has 0 radical (unpaired) electrons. The number of aryl methyl sites for hydroxylation is 1. The predicted molar refractivity (Wildman–Crippen MR) is 91.2 cm³/mol. The highest BCUT2D eigenvalue weighted by Gasteiger charge is 2.20. The first-order valence-electron chi connectivity index (χ1n) is 7.97. The van der Waals surface area contributed by atoms with Crippen molar-refractivity contribution in [3.8, 4) is 0 Å². The van der Waals surface area contributed by atoms with Crippen LogP contribution in [0.2, 0.25) is 0 Å². The zero-order valence-electron chi connectivity index (χ0n) is 13.4. The molecule has 2 heterocycles. The first kappa shape index (κ1) is 15.9.